The van der Waals surface area contributed by atoms with Crippen LogP contribution in [0.1, 0.15) is 44.2 Å². The van der Waals surface area contributed by atoms with Crippen LogP contribution in [0.15, 0.2) is 9.05 Å². The predicted molar refractivity (Wildman–Crippen MR) is 82.5 cm³/mol. The van der Waals surface area contributed by atoms with Gasteiger partial charge in [0.05, 0.1) is 13.1 Å². The Bertz CT molecular complexity index is 625. The maximum atomic E-state index is 5.18. The molecule has 1 atom stereocenters. The Morgan fingerprint density at radius 2 is 1.57 bits per heavy atom. The summed E-state index contributed by atoms with van der Waals surface area (Å²) in [4.78, 5) is 13.5. The van der Waals surface area contributed by atoms with Crippen molar-refractivity contribution in [2.45, 2.75) is 52.7 Å². The van der Waals surface area contributed by atoms with Crippen molar-refractivity contribution < 1.29 is 9.05 Å². The molecule has 0 radical (unpaired) electrons. The van der Waals surface area contributed by atoms with Crippen LogP contribution in [0, 0.1) is 0 Å². The first-order valence-corrected chi connectivity index (χ1v) is 8.27. The summed E-state index contributed by atoms with van der Waals surface area (Å²) in [5.74, 6) is 2.95. The van der Waals surface area contributed by atoms with Crippen molar-refractivity contribution in [2.24, 2.45) is 0 Å². The van der Waals surface area contributed by atoms with Gasteiger partial charge < -0.3 is 9.05 Å². The zero-order valence-corrected chi connectivity index (χ0v) is 14.0. The minimum absolute atomic E-state index is 0.421. The van der Waals surface area contributed by atoms with Gasteiger partial charge in [-0.2, -0.15) is 9.97 Å². The summed E-state index contributed by atoms with van der Waals surface area (Å²) >= 11 is 0. The number of hydrogen-bond donors (Lipinski definition) is 0. The molecule has 1 aliphatic heterocycles. The zero-order valence-electron chi connectivity index (χ0n) is 14.0. The molecule has 2 aromatic heterocycles. The second kappa shape index (κ2) is 7.18. The molecule has 3 heterocycles. The van der Waals surface area contributed by atoms with Crippen molar-refractivity contribution in [1.29, 1.82) is 0 Å². The zero-order chi connectivity index (χ0) is 16.2. The molecule has 0 amide bonds. The summed E-state index contributed by atoms with van der Waals surface area (Å²) in [5.41, 5.74) is 0. The van der Waals surface area contributed by atoms with Crippen LogP contribution >= 0.6 is 0 Å². The van der Waals surface area contributed by atoms with E-state index in [1.165, 1.54) is 0 Å². The van der Waals surface area contributed by atoms with Crippen LogP contribution < -0.4 is 0 Å². The Morgan fingerprint density at radius 3 is 2.09 bits per heavy atom. The highest BCUT2D eigenvalue weighted by atomic mass is 16.5. The Labute approximate surface area is 135 Å². The Balaban J connectivity index is 1.52. The summed E-state index contributed by atoms with van der Waals surface area (Å²) in [6.07, 6.45) is 1.56. The van der Waals surface area contributed by atoms with Crippen molar-refractivity contribution >= 4 is 0 Å². The normalized spacial score (nSPS) is 20.2. The maximum absolute atomic E-state index is 5.18. The monoisotopic (exact) mass is 320 g/mol. The van der Waals surface area contributed by atoms with Crippen LogP contribution in [0.2, 0.25) is 0 Å². The molecule has 0 saturated carbocycles. The number of piperazine rings is 1. The second-order valence-electron chi connectivity index (χ2n) is 5.97. The van der Waals surface area contributed by atoms with Gasteiger partial charge in [0.1, 0.15) is 0 Å². The lowest BCUT2D eigenvalue weighted by atomic mass is 10.2. The molecule has 23 heavy (non-hydrogen) atoms. The summed E-state index contributed by atoms with van der Waals surface area (Å²) < 4.78 is 10.3. The molecule has 0 spiro atoms. The molecular weight excluding hydrogens is 296 g/mol. The lowest BCUT2D eigenvalue weighted by Crippen LogP contribution is -2.51. The highest BCUT2D eigenvalue weighted by Gasteiger charge is 2.25. The average molecular weight is 320 g/mol. The number of hydrogen-bond acceptors (Lipinski definition) is 8. The molecule has 8 nitrogen and oxygen atoms in total. The van der Waals surface area contributed by atoms with E-state index in [1.807, 2.05) is 13.8 Å². The standard InChI is InChI=1S/C15H24N6O2/c1-4-14-16-12(18-22-14)9-20-6-7-21(11(3)8-20)10-13-17-15(5-2)23-19-13/h11H,4-10H2,1-3H3. The molecule has 1 saturated heterocycles. The Kier molecular flexibility index (Phi) is 5.02. The number of rotatable bonds is 6. The van der Waals surface area contributed by atoms with Crippen LogP contribution in [0.4, 0.5) is 0 Å². The highest BCUT2D eigenvalue weighted by Crippen LogP contribution is 2.14. The smallest absolute Gasteiger partial charge is 0.226 e. The minimum Gasteiger partial charge on any atom is -0.339 e. The van der Waals surface area contributed by atoms with Crippen LogP contribution in [-0.4, -0.2) is 55.8 Å². The minimum atomic E-state index is 0.421. The van der Waals surface area contributed by atoms with E-state index in [2.05, 4.69) is 37.0 Å². The van der Waals surface area contributed by atoms with Gasteiger partial charge in [-0.05, 0) is 6.92 Å². The van der Waals surface area contributed by atoms with Crippen molar-refractivity contribution in [2.75, 3.05) is 19.6 Å². The lowest BCUT2D eigenvalue weighted by Gasteiger charge is -2.38. The van der Waals surface area contributed by atoms with Crippen molar-refractivity contribution in [3.05, 3.63) is 23.4 Å². The first-order valence-electron chi connectivity index (χ1n) is 8.27. The van der Waals surface area contributed by atoms with Crippen LogP contribution in [0.25, 0.3) is 0 Å². The molecule has 0 bridgehead atoms. The first-order chi connectivity index (χ1) is 11.2. The van der Waals surface area contributed by atoms with E-state index in [4.69, 9.17) is 9.05 Å². The molecule has 0 aliphatic carbocycles. The SMILES string of the molecule is CCc1nc(CN2CCN(Cc3noc(CC)n3)C(C)C2)no1. The van der Waals surface area contributed by atoms with E-state index in [1.54, 1.807) is 0 Å². The molecule has 3 rings (SSSR count). The van der Waals surface area contributed by atoms with Crippen molar-refractivity contribution in [1.82, 2.24) is 30.1 Å². The third kappa shape index (κ3) is 3.94. The first kappa shape index (κ1) is 16.1. The van der Waals surface area contributed by atoms with E-state index < -0.39 is 0 Å². The van der Waals surface area contributed by atoms with E-state index >= 15 is 0 Å². The molecular formula is C15H24N6O2. The second-order valence-corrected chi connectivity index (χ2v) is 5.97. The predicted octanol–water partition coefficient (Wildman–Crippen LogP) is 1.28. The lowest BCUT2D eigenvalue weighted by molar-refractivity contribution is 0.0688. The van der Waals surface area contributed by atoms with E-state index in [9.17, 15) is 0 Å². The molecule has 0 N–H and O–H groups in total. The molecule has 1 fully saturated rings. The van der Waals surface area contributed by atoms with Gasteiger partial charge in [-0.1, -0.05) is 24.2 Å². The van der Waals surface area contributed by atoms with Crippen LogP contribution in [0.5, 0.6) is 0 Å². The summed E-state index contributed by atoms with van der Waals surface area (Å²) in [7, 11) is 0. The van der Waals surface area contributed by atoms with Gasteiger partial charge in [0.2, 0.25) is 11.8 Å². The number of aryl methyl sites for hydroxylation is 2. The number of nitrogens with zero attached hydrogens (tertiary/aromatic N) is 6. The van der Waals surface area contributed by atoms with Crippen LogP contribution in [0.3, 0.4) is 0 Å². The molecule has 2 aromatic rings. The average Bonchev–Trinajstić information content (AvgIpc) is 3.19. The molecule has 1 aliphatic rings. The number of aromatic nitrogens is 4. The maximum Gasteiger partial charge on any atom is 0.226 e. The summed E-state index contributed by atoms with van der Waals surface area (Å²) in [6.45, 7) is 10.6. The Morgan fingerprint density at radius 1 is 0.957 bits per heavy atom. The Hall–Kier alpha value is -1.80. The van der Waals surface area contributed by atoms with Crippen molar-refractivity contribution in [3.8, 4) is 0 Å². The van der Waals surface area contributed by atoms with Crippen molar-refractivity contribution in [3.63, 3.8) is 0 Å². The fourth-order valence-electron chi connectivity index (χ4n) is 2.83. The molecule has 0 aromatic carbocycles. The molecule has 1 unspecified atom stereocenters. The highest BCUT2D eigenvalue weighted by molar-refractivity contribution is 4.91. The van der Waals surface area contributed by atoms with Gasteiger partial charge in [0, 0.05) is 38.5 Å². The topological polar surface area (TPSA) is 84.3 Å². The van der Waals surface area contributed by atoms with E-state index in [-0.39, 0.29) is 0 Å². The van der Waals surface area contributed by atoms with Crippen LogP contribution in [-0.2, 0) is 25.9 Å². The summed E-state index contributed by atoms with van der Waals surface area (Å²) in [6, 6.07) is 0.421. The molecule has 8 heteroatoms. The third-order valence-electron chi connectivity index (χ3n) is 4.18. The van der Waals surface area contributed by atoms with Gasteiger partial charge in [-0.15, -0.1) is 0 Å². The quantitative estimate of drug-likeness (QED) is 0.787. The fraction of sp³-hybridized carbons (Fsp3) is 0.733. The third-order valence-corrected chi connectivity index (χ3v) is 4.18. The van der Waals surface area contributed by atoms with Gasteiger partial charge in [-0.25, -0.2) is 0 Å². The van der Waals surface area contributed by atoms with Gasteiger partial charge in [0.25, 0.3) is 0 Å². The van der Waals surface area contributed by atoms with E-state index in [0.29, 0.717) is 17.8 Å². The van der Waals surface area contributed by atoms with Gasteiger partial charge in [-0.3, -0.25) is 9.80 Å². The van der Waals surface area contributed by atoms with Gasteiger partial charge in [0.15, 0.2) is 11.6 Å². The van der Waals surface area contributed by atoms with E-state index in [0.717, 1.165) is 57.2 Å². The fourth-order valence-corrected chi connectivity index (χ4v) is 2.83. The largest absolute Gasteiger partial charge is 0.339 e. The molecule has 126 valence electrons. The summed E-state index contributed by atoms with van der Waals surface area (Å²) in [5, 5.41) is 8.07. The van der Waals surface area contributed by atoms with Gasteiger partial charge >= 0.3 is 0 Å².